The van der Waals surface area contributed by atoms with Crippen LogP contribution in [0.15, 0.2) is 6.07 Å². The Morgan fingerprint density at radius 2 is 1.86 bits per heavy atom. The summed E-state index contributed by atoms with van der Waals surface area (Å²) in [6.07, 6.45) is 6.59. The number of nitrogens with zero attached hydrogens (tertiary/aromatic N) is 1. The van der Waals surface area contributed by atoms with Crippen LogP contribution in [-0.2, 0) is 33.5 Å². The molecular formula is C21H37N3O3S. The largest absolute Gasteiger partial charge is 0.469 e. The number of nitrogen functional groups attached to an aromatic ring is 1. The predicted octanol–water partition coefficient (Wildman–Crippen LogP) is 3.34. The second kappa shape index (κ2) is 12.2. The number of methoxy groups -OCH3 is 1. The fourth-order valence-corrected chi connectivity index (χ4v) is 4.60. The van der Waals surface area contributed by atoms with E-state index in [4.69, 9.17) is 15.6 Å². The molecule has 28 heavy (non-hydrogen) atoms. The minimum absolute atomic E-state index is 0.217. The van der Waals surface area contributed by atoms with Gasteiger partial charge in [0.1, 0.15) is 0 Å². The third-order valence-electron chi connectivity index (χ3n) is 5.44. The standard InChI is InChI=1S/C19H31N3O3S.C2H6/c1-13-11-15(12-18(23)25-3)14(2)19(20)17(13)9-10-22(26(21)24)16-7-5-4-6-8-16;1-2/h11,16H,4-10,12,20-21H2,1-3H3;1-2H3. The van der Waals surface area contributed by atoms with Crippen molar-refractivity contribution >= 4 is 22.8 Å². The lowest BCUT2D eigenvalue weighted by Gasteiger charge is -2.32. The number of esters is 1. The van der Waals surface area contributed by atoms with Gasteiger partial charge in [0, 0.05) is 18.3 Å². The first-order valence-electron chi connectivity index (χ1n) is 10.2. The highest BCUT2D eigenvalue weighted by molar-refractivity contribution is 7.80. The fraction of sp³-hybridized carbons (Fsp3) is 0.667. The number of carbonyl (C=O) groups excluding carboxylic acids is 1. The van der Waals surface area contributed by atoms with Crippen molar-refractivity contribution in [1.29, 1.82) is 0 Å². The Morgan fingerprint density at radius 1 is 1.25 bits per heavy atom. The molecule has 1 aromatic rings. The van der Waals surface area contributed by atoms with Crippen LogP contribution in [0.2, 0.25) is 0 Å². The molecule has 4 N–H and O–H groups in total. The third kappa shape index (κ3) is 6.57. The van der Waals surface area contributed by atoms with Crippen molar-refractivity contribution in [1.82, 2.24) is 4.31 Å². The van der Waals surface area contributed by atoms with Crippen LogP contribution in [0.5, 0.6) is 0 Å². The highest BCUT2D eigenvalue weighted by Gasteiger charge is 2.24. The summed E-state index contributed by atoms with van der Waals surface area (Å²) in [5, 5.41) is 5.75. The molecule has 1 aliphatic carbocycles. The molecule has 0 spiro atoms. The van der Waals surface area contributed by atoms with E-state index < -0.39 is 11.2 Å². The number of hydrogen-bond acceptors (Lipinski definition) is 4. The molecule has 0 heterocycles. The average Bonchev–Trinajstić information content (AvgIpc) is 2.70. The molecule has 1 fully saturated rings. The van der Waals surface area contributed by atoms with E-state index in [0.29, 0.717) is 18.7 Å². The van der Waals surface area contributed by atoms with Crippen molar-refractivity contribution in [2.24, 2.45) is 5.14 Å². The van der Waals surface area contributed by atoms with E-state index in [9.17, 15) is 9.00 Å². The zero-order chi connectivity index (χ0) is 21.3. The van der Waals surface area contributed by atoms with Crippen molar-refractivity contribution in [2.45, 2.75) is 78.7 Å². The van der Waals surface area contributed by atoms with Gasteiger partial charge in [0.05, 0.1) is 13.5 Å². The Morgan fingerprint density at radius 3 is 2.39 bits per heavy atom. The fourth-order valence-electron chi connectivity index (χ4n) is 3.82. The van der Waals surface area contributed by atoms with Gasteiger partial charge in [0.2, 0.25) is 0 Å². The van der Waals surface area contributed by atoms with Crippen LogP contribution < -0.4 is 10.9 Å². The Bertz CT molecular complexity index is 673. The van der Waals surface area contributed by atoms with E-state index in [2.05, 4.69) is 0 Å². The molecule has 2 rings (SSSR count). The lowest BCUT2D eigenvalue weighted by Crippen LogP contribution is -2.42. The maximum absolute atomic E-state index is 12.0. The summed E-state index contributed by atoms with van der Waals surface area (Å²) < 4.78 is 18.7. The molecule has 0 saturated heterocycles. The number of hydrogen-bond donors (Lipinski definition) is 2. The normalized spacial score (nSPS) is 15.7. The number of nitrogens with two attached hydrogens (primary N) is 2. The Balaban J connectivity index is 0.00000190. The molecule has 0 aliphatic heterocycles. The van der Waals surface area contributed by atoms with Crippen LogP contribution in [0.25, 0.3) is 0 Å². The van der Waals surface area contributed by atoms with Gasteiger partial charge in [-0.25, -0.2) is 13.7 Å². The second-order valence-electron chi connectivity index (χ2n) is 7.08. The predicted molar refractivity (Wildman–Crippen MR) is 117 cm³/mol. The van der Waals surface area contributed by atoms with Crippen molar-refractivity contribution in [2.75, 3.05) is 19.4 Å². The topological polar surface area (TPSA) is 98.6 Å². The van der Waals surface area contributed by atoms with Crippen molar-refractivity contribution in [3.8, 4) is 0 Å². The molecule has 0 radical (unpaired) electrons. The summed E-state index contributed by atoms with van der Waals surface area (Å²) in [6, 6.07) is 2.29. The summed E-state index contributed by atoms with van der Waals surface area (Å²) in [4.78, 5) is 11.6. The molecule has 0 bridgehead atoms. The van der Waals surface area contributed by atoms with Gasteiger partial charge in [0.25, 0.3) is 0 Å². The van der Waals surface area contributed by atoms with Crippen molar-refractivity contribution in [3.05, 3.63) is 28.3 Å². The molecule has 1 saturated carbocycles. The van der Waals surface area contributed by atoms with Gasteiger partial charge >= 0.3 is 5.97 Å². The van der Waals surface area contributed by atoms with Gasteiger partial charge in [-0.15, -0.1) is 0 Å². The summed E-state index contributed by atoms with van der Waals surface area (Å²) in [7, 11) is 1.38. The van der Waals surface area contributed by atoms with Crippen LogP contribution in [-0.4, -0.2) is 34.2 Å². The first-order chi connectivity index (χ1) is 13.3. The summed E-state index contributed by atoms with van der Waals surface area (Å²) in [5.74, 6) is -0.276. The third-order valence-corrected chi connectivity index (χ3v) is 6.38. The highest BCUT2D eigenvalue weighted by Crippen LogP contribution is 2.28. The van der Waals surface area contributed by atoms with Crippen LogP contribution >= 0.6 is 0 Å². The number of benzene rings is 1. The zero-order valence-corrected chi connectivity index (χ0v) is 18.9. The zero-order valence-electron chi connectivity index (χ0n) is 18.0. The molecule has 1 atom stereocenters. The smallest absolute Gasteiger partial charge is 0.309 e. The van der Waals surface area contributed by atoms with E-state index in [1.54, 1.807) is 0 Å². The Labute approximate surface area is 172 Å². The Hall–Kier alpha value is -1.44. The first kappa shape index (κ1) is 24.6. The van der Waals surface area contributed by atoms with Crippen LogP contribution in [0.4, 0.5) is 5.69 Å². The number of aryl methyl sites for hydroxylation is 1. The number of anilines is 1. The molecule has 1 aliphatic rings. The van der Waals surface area contributed by atoms with Gasteiger partial charge in [0.15, 0.2) is 11.2 Å². The molecule has 1 aromatic carbocycles. The van der Waals surface area contributed by atoms with E-state index in [-0.39, 0.29) is 18.4 Å². The van der Waals surface area contributed by atoms with Crippen LogP contribution in [0.3, 0.4) is 0 Å². The average molecular weight is 412 g/mol. The minimum atomic E-state index is -1.48. The van der Waals surface area contributed by atoms with Crippen LogP contribution in [0.1, 0.15) is 68.2 Å². The maximum Gasteiger partial charge on any atom is 0.309 e. The number of ether oxygens (including phenoxy) is 1. The highest BCUT2D eigenvalue weighted by atomic mass is 32.2. The van der Waals surface area contributed by atoms with Gasteiger partial charge < -0.3 is 10.5 Å². The SMILES string of the molecule is CC.COC(=O)Cc1cc(C)c(CCN(C2CCCCC2)S(N)=O)c(N)c1C. The molecule has 1 unspecified atom stereocenters. The summed E-state index contributed by atoms with van der Waals surface area (Å²) in [6.45, 7) is 8.54. The van der Waals surface area contributed by atoms with Gasteiger partial charge in [-0.3, -0.25) is 4.79 Å². The lowest BCUT2D eigenvalue weighted by molar-refractivity contribution is -0.139. The molecular weight excluding hydrogens is 374 g/mol. The van der Waals surface area contributed by atoms with E-state index >= 15 is 0 Å². The summed E-state index contributed by atoms with van der Waals surface area (Å²) >= 11 is -1.48. The van der Waals surface area contributed by atoms with Gasteiger partial charge in [-0.05, 0) is 55.4 Å². The lowest BCUT2D eigenvalue weighted by atomic mass is 9.93. The Kier molecular flexibility index (Phi) is 10.7. The van der Waals surface area contributed by atoms with E-state index in [1.807, 2.05) is 38.1 Å². The van der Waals surface area contributed by atoms with Gasteiger partial charge in [-0.2, -0.15) is 0 Å². The molecule has 160 valence electrons. The number of carbonyl (C=O) groups is 1. The van der Waals surface area contributed by atoms with E-state index in [0.717, 1.165) is 35.1 Å². The van der Waals surface area contributed by atoms with E-state index in [1.165, 1.54) is 26.4 Å². The minimum Gasteiger partial charge on any atom is -0.469 e. The molecule has 0 aromatic heterocycles. The quantitative estimate of drug-likeness (QED) is 0.531. The van der Waals surface area contributed by atoms with Gasteiger partial charge in [-0.1, -0.05) is 39.2 Å². The monoisotopic (exact) mass is 411 g/mol. The molecule has 7 heteroatoms. The van der Waals surface area contributed by atoms with Crippen molar-refractivity contribution in [3.63, 3.8) is 0 Å². The molecule has 6 nitrogen and oxygen atoms in total. The summed E-state index contributed by atoms with van der Waals surface area (Å²) in [5.41, 5.74) is 11.0. The molecule has 0 amide bonds. The first-order valence-corrected chi connectivity index (χ1v) is 11.4. The number of rotatable bonds is 7. The van der Waals surface area contributed by atoms with Crippen molar-refractivity contribution < 1.29 is 13.7 Å². The van der Waals surface area contributed by atoms with Crippen LogP contribution in [0, 0.1) is 13.8 Å². The second-order valence-corrected chi connectivity index (χ2v) is 8.10. The maximum atomic E-state index is 12.0.